The number of rotatable bonds is 2. The second-order valence-electron chi connectivity index (χ2n) is 5.15. The third kappa shape index (κ3) is 3.96. The van der Waals surface area contributed by atoms with Crippen LogP contribution in [0.2, 0.25) is 0 Å². The highest BCUT2D eigenvalue weighted by molar-refractivity contribution is 9.10. The molecule has 1 fully saturated rings. The Morgan fingerprint density at radius 3 is 2.57 bits per heavy atom. The quantitative estimate of drug-likeness (QED) is 0.740. The molecule has 0 aromatic heterocycles. The lowest BCUT2D eigenvalue weighted by Gasteiger charge is -2.32. The van der Waals surface area contributed by atoms with Gasteiger partial charge in [0.05, 0.1) is 11.6 Å². The van der Waals surface area contributed by atoms with Gasteiger partial charge in [-0.1, -0.05) is 12.8 Å². The van der Waals surface area contributed by atoms with Gasteiger partial charge in [0.1, 0.15) is 5.82 Å². The SMILES string of the molecule is O=C(Nc1cc(F)ccc1Br)C1CCCCC1C(F)(F)F. The first kappa shape index (κ1) is 16.3. The van der Waals surface area contributed by atoms with Crippen molar-refractivity contribution in [3.63, 3.8) is 0 Å². The second kappa shape index (κ2) is 6.34. The van der Waals surface area contributed by atoms with Crippen molar-refractivity contribution < 1.29 is 22.4 Å². The molecule has 21 heavy (non-hydrogen) atoms. The van der Waals surface area contributed by atoms with Crippen LogP contribution in [0.5, 0.6) is 0 Å². The fraction of sp³-hybridized carbons (Fsp3) is 0.500. The van der Waals surface area contributed by atoms with Crippen LogP contribution in [0.4, 0.5) is 23.2 Å². The van der Waals surface area contributed by atoms with Gasteiger partial charge in [-0.15, -0.1) is 0 Å². The van der Waals surface area contributed by atoms with Gasteiger partial charge in [0.15, 0.2) is 0 Å². The topological polar surface area (TPSA) is 29.1 Å². The van der Waals surface area contributed by atoms with Crippen molar-refractivity contribution in [3.8, 4) is 0 Å². The maximum absolute atomic E-state index is 13.2. The highest BCUT2D eigenvalue weighted by atomic mass is 79.9. The molecule has 1 amide bonds. The molecular formula is C14H14BrF4NO. The van der Waals surface area contributed by atoms with Gasteiger partial charge in [-0.3, -0.25) is 4.79 Å². The fourth-order valence-electron chi connectivity index (χ4n) is 2.66. The standard InChI is InChI=1S/C14H14BrF4NO/c15-11-6-5-8(16)7-12(11)20-13(21)9-3-1-2-4-10(9)14(17,18)19/h5-7,9-10H,1-4H2,(H,20,21). The molecule has 2 nitrogen and oxygen atoms in total. The average Bonchev–Trinajstić information content (AvgIpc) is 2.42. The molecule has 116 valence electrons. The number of anilines is 1. The molecule has 0 saturated heterocycles. The molecule has 1 aliphatic carbocycles. The van der Waals surface area contributed by atoms with E-state index >= 15 is 0 Å². The Hall–Kier alpha value is -1.11. The van der Waals surface area contributed by atoms with Crippen molar-refractivity contribution >= 4 is 27.5 Å². The largest absolute Gasteiger partial charge is 0.392 e. The van der Waals surface area contributed by atoms with Crippen molar-refractivity contribution in [1.82, 2.24) is 0 Å². The Morgan fingerprint density at radius 2 is 1.90 bits per heavy atom. The van der Waals surface area contributed by atoms with Crippen LogP contribution in [0.15, 0.2) is 22.7 Å². The summed E-state index contributed by atoms with van der Waals surface area (Å²) >= 11 is 3.13. The van der Waals surface area contributed by atoms with E-state index in [2.05, 4.69) is 21.2 Å². The zero-order chi connectivity index (χ0) is 15.6. The Bertz CT molecular complexity index is 532. The summed E-state index contributed by atoms with van der Waals surface area (Å²) in [6, 6.07) is 3.67. The van der Waals surface area contributed by atoms with Crippen LogP contribution in [0, 0.1) is 17.7 Å². The monoisotopic (exact) mass is 367 g/mol. The van der Waals surface area contributed by atoms with E-state index in [0.29, 0.717) is 17.3 Å². The van der Waals surface area contributed by atoms with Gasteiger partial charge in [0.2, 0.25) is 5.91 Å². The number of carbonyl (C=O) groups is 1. The summed E-state index contributed by atoms with van der Waals surface area (Å²) in [5.41, 5.74) is 0.145. The van der Waals surface area contributed by atoms with Crippen LogP contribution in [-0.2, 0) is 4.79 Å². The fourth-order valence-corrected chi connectivity index (χ4v) is 3.00. The Balaban J connectivity index is 2.16. The highest BCUT2D eigenvalue weighted by Crippen LogP contribution is 2.42. The van der Waals surface area contributed by atoms with Crippen LogP contribution >= 0.6 is 15.9 Å². The third-order valence-corrected chi connectivity index (χ3v) is 4.40. The second-order valence-corrected chi connectivity index (χ2v) is 6.01. The van der Waals surface area contributed by atoms with Gasteiger partial charge in [-0.05, 0) is 47.0 Å². The molecule has 0 bridgehead atoms. The Labute approximate surface area is 128 Å². The summed E-state index contributed by atoms with van der Waals surface area (Å²) in [5, 5.41) is 2.40. The van der Waals surface area contributed by atoms with Gasteiger partial charge in [-0.25, -0.2) is 4.39 Å². The van der Waals surface area contributed by atoms with E-state index in [0.717, 1.165) is 6.07 Å². The molecule has 2 atom stereocenters. The lowest BCUT2D eigenvalue weighted by molar-refractivity contribution is -0.197. The Kier molecular flexibility index (Phi) is 4.91. The van der Waals surface area contributed by atoms with Crippen LogP contribution in [-0.4, -0.2) is 12.1 Å². The number of carbonyl (C=O) groups excluding carboxylic acids is 1. The van der Waals surface area contributed by atoms with E-state index in [9.17, 15) is 22.4 Å². The van der Waals surface area contributed by atoms with E-state index in [1.54, 1.807) is 0 Å². The summed E-state index contributed by atoms with van der Waals surface area (Å²) in [6.45, 7) is 0. The average molecular weight is 368 g/mol. The predicted molar refractivity (Wildman–Crippen MR) is 74.2 cm³/mol. The zero-order valence-corrected chi connectivity index (χ0v) is 12.6. The van der Waals surface area contributed by atoms with Crippen molar-refractivity contribution in [3.05, 3.63) is 28.5 Å². The molecule has 1 saturated carbocycles. The van der Waals surface area contributed by atoms with E-state index in [4.69, 9.17) is 0 Å². The highest BCUT2D eigenvalue weighted by Gasteiger charge is 2.48. The van der Waals surface area contributed by atoms with Crippen molar-refractivity contribution in [2.24, 2.45) is 11.8 Å². The first-order chi connectivity index (χ1) is 9.79. The summed E-state index contributed by atoms with van der Waals surface area (Å²) in [5.74, 6) is -4.01. The van der Waals surface area contributed by atoms with Gasteiger partial charge < -0.3 is 5.32 Å². The van der Waals surface area contributed by atoms with E-state index in [-0.39, 0.29) is 18.5 Å². The number of nitrogens with one attached hydrogen (secondary N) is 1. The first-order valence-electron chi connectivity index (χ1n) is 6.61. The lowest BCUT2D eigenvalue weighted by Crippen LogP contribution is -2.39. The van der Waals surface area contributed by atoms with Crippen molar-refractivity contribution in [2.45, 2.75) is 31.9 Å². The molecule has 2 rings (SSSR count). The minimum atomic E-state index is -4.39. The molecule has 1 aliphatic rings. The molecule has 1 N–H and O–H groups in total. The summed E-state index contributed by atoms with van der Waals surface area (Å²) in [7, 11) is 0. The predicted octanol–water partition coefficient (Wildman–Crippen LogP) is 4.90. The minimum Gasteiger partial charge on any atom is -0.325 e. The van der Waals surface area contributed by atoms with Gasteiger partial charge >= 0.3 is 6.18 Å². The number of halogens is 5. The van der Waals surface area contributed by atoms with Crippen LogP contribution in [0.25, 0.3) is 0 Å². The number of amides is 1. The number of hydrogen-bond acceptors (Lipinski definition) is 1. The number of alkyl halides is 3. The number of benzene rings is 1. The van der Waals surface area contributed by atoms with Crippen LogP contribution in [0.1, 0.15) is 25.7 Å². The minimum absolute atomic E-state index is 0.0358. The molecule has 1 aromatic carbocycles. The molecule has 0 spiro atoms. The molecule has 0 aliphatic heterocycles. The molecule has 7 heteroatoms. The van der Waals surface area contributed by atoms with Crippen LogP contribution < -0.4 is 5.32 Å². The molecule has 0 heterocycles. The molecule has 0 radical (unpaired) electrons. The molecule has 2 unspecified atom stereocenters. The Morgan fingerprint density at radius 1 is 1.24 bits per heavy atom. The van der Waals surface area contributed by atoms with Gasteiger partial charge in [-0.2, -0.15) is 13.2 Å². The summed E-state index contributed by atoms with van der Waals surface area (Å²) in [6.07, 6.45) is -3.16. The maximum atomic E-state index is 13.2. The zero-order valence-electron chi connectivity index (χ0n) is 11.0. The van der Waals surface area contributed by atoms with Gasteiger partial charge in [0, 0.05) is 10.4 Å². The maximum Gasteiger partial charge on any atom is 0.392 e. The molecular weight excluding hydrogens is 354 g/mol. The van der Waals surface area contributed by atoms with Crippen molar-refractivity contribution in [2.75, 3.05) is 5.32 Å². The van der Waals surface area contributed by atoms with Gasteiger partial charge in [0.25, 0.3) is 0 Å². The van der Waals surface area contributed by atoms with E-state index < -0.39 is 29.7 Å². The molecule has 1 aromatic rings. The summed E-state index contributed by atoms with van der Waals surface area (Å²) < 4.78 is 52.5. The van der Waals surface area contributed by atoms with E-state index in [1.165, 1.54) is 12.1 Å². The normalized spacial score (nSPS) is 22.9. The smallest absolute Gasteiger partial charge is 0.325 e. The van der Waals surface area contributed by atoms with Crippen molar-refractivity contribution in [1.29, 1.82) is 0 Å². The van der Waals surface area contributed by atoms with E-state index in [1.807, 2.05) is 0 Å². The first-order valence-corrected chi connectivity index (χ1v) is 7.41. The van der Waals surface area contributed by atoms with Crippen LogP contribution in [0.3, 0.4) is 0 Å². The summed E-state index contributed by atoms with van der Waals surface area (Å²) in [4.78, 5) is 12.1. The number of hydrogen-bond donors (Lipinski definition) is 1. The lowest BCUT2D eigenvalue weighted by atomic mass is 9.78. The third-order valence-electron chi connectivity index (χ3n) is 3.71.